The normalized spacial score (nSPS) is 16.4. The maximum Gasteiger partial charge on any atom is 0.311 e. The number of aliphatic carboxylic acids is 1. The van der Waals surface area contributed by atoms with Crippen LogP contribution in [0.15, 0.2) is 18.2 Å². The molecule has 0 aromatic heterocycles. The molecule has 0 bridgehead atoms. The van der Waals surface area contributed by atoms with Crippen molar-refractivity contribution < 1.29 is 9.90 Å². The van der Waals surface area contributed by atoms with E-state index < -0.39 is 11.4 Å². The van der Waals surface area contributed by atoms with Gasteiger partial charge in [-0.2, -0.15) is 5.26 Å². The van der Waals surface area contributed by atoms with Crippen molar-refractivity contribution in [2.24, 2.45) is 5.41 Å². The number of benzene rings is 1. The second-order valence-corrected chi connectivity index (χ2v) is 4.93. The summed E-state index contributed by atoms with van der Waals surface area (Å²) in [6.07, 6.45) is 2.47. The van der Waals surface area contributed by atoms with Crippen LogP contribution < -0.4 is 5.32 Å². The van der Waals surface area contributed by atoms with Gasteiger partial charge in [0.25, 0.3) is 0 Å². The molecule has 0 heterocycles. The van der Waals surface area contributed by atoms with Crippen molar-refractivity contribution in [3.05, 3.63) is 29.3 Å². The Balaban J connectivity index is 2.05. The fourth-order valence-electron chi connectivity index (χ4n) is 2.24. The number of rotatable bonds is 4. The summed E-state index contributed by atoms with van der Waals surface area (Å²) < 4.78 is 0. The van der Waals surface area contributed by atoms with Crippen LogP contribution in [0.25, 0.3) is 0 Å². The molecule has 94 valence electrons. The van der Waals surface area contributed by atoms with Crippen LogP contribution in [0.3, 0.4) is 0 Å². The molecule has 18 heavy (non-hydrogen) atoms. The van der Waals surface area contributed by atoms with Gasteiger partial charge in [0.15, 0.2) is 0 Å². The molecule has 1 aromatic rings. The molecule has 2 rings (SSSR count). The number of nitrogens with one attached hydrogen (secondary N) is 1. The topological polar surface area (TPSA) is 73.1 Å². The Morgan fingerprint density at radius 1 is 1.56 bits per heavy atom. The standard InChI is InChI=1S/C14H16N2O2/c1-10-7-12(4-3-11(10)8-15)16-9-14(13(17)18)5-2-6-14/h3-4,7,16H,2,5-6,9H2,1H3,(H,17,18). The average Bonchev–Trinajstić information content (AvgIpc) is 2.27. The summed E-state index contributed by atoms with van der Waals surface area (Å²) in [5, 5.41) is 21.2. The first-order valence-electron chi connectivity index (χ1n) is 6.05. The molecule has 2 N–H and O–H groups in total. The van der Waals surface area contributed by atoms with E-state index in [2.05, 4.69) is 11.4 Å². The van der Waals surface area contributed by atoms with Gasteiger partial charge in [0.1, 0.15) is 0 Å². The number of nitriles is 1. The molecule has 1 saturated carbocycles. The number of carbonyl (C=O) groups is 1. The molecule has 0 saturated heterocycles. The van der Waals surface area contributed by atoms with Gasteiger partial charge in [0.05, 0.1) is 17.0 Å². The number of hydrogen-bond donors (Lipinski definition) is 2. The van der Waals surface area contributed by atoms with E-state index in [1.54, 1.807) is 6.07 Å². The van der Waals surface area contributed by atoms with E-state index in [1.807, 2.05) is 19.1 Å². The zero-order chi connectivity index (χ0) is 13.2. The van der Waals surface area contributed by atoms with Gasteiger partial charge >= 0.3 is 5.97 Å². The minimum atomic E-state index is -0.716. The van der Waals surface area contributed by atoms with Crippen molar-refractivity contribution in [3.8, 4) is 6.07 Å². The molecule has 0 spiro atoms. The first kappa shape index (κ1) is 12.4. The molecule has 4 heteroatoms. The zero-order valence-corrected chi connectivity index (χ0v) is 10.4. The lowest BCUT2D eigenvalue weighted by molar-refractivity contribution is -0.153. The summed E-state index contributed by atoms with van der Waals surface area (Å²) in [5.74, 6) is -0.716. The van der Waals surface area contributed by atoms with Crippen LogP contribution in [0.5, 0.6) is 0 Å². The number of carboxylic acid groups (broad SMARTS) is 1. The van der Waals surface area contributed by atoms with E-state index in [1.165, 1.54) is 0 Å². The first-order valence-corrected chi connectivity index (χ1v) is 6.05. The quantitative estimate of drug-likeness (QED) is 0.853. The summed E-state index contributed by atoms with van der Waals surface area (Å²) in [6.45, 7) is 2.33. The van der Waals surface area contributed by atoms with E-state index in [9.17, 15) is 9.90 Å². The molecular weight excluding hydrogens is 228 g/mol. The summed E-state index contributed by atoms with van der Waals surface area (Å²) in [5.41, 5.74) is 1.83. The molecule has 0 unspecified atom stereocenters. The van der Waals surface area contributed by atoms with Crippen molar-refractivity contribution in [3.63, 3.8) is 0 Å². The molecule has 1 aromatic carbocycles. The van der Waals surface area contributed by atoms with Crippen molar-refractivity contribution >= 4 is 11.7 Å². The van der Waals surface area contributed by atoms with E-state index in [-0.39, 0.29) is 0 Å². The van der Waals surface area contributed by atoms with Crippen LogP contribution in [0.2, 0.25) is 0 Å². The molecule has 0 radical (unpaired) electrons. The number of hydrogen-bond acceptors (Lipinski definition) is 3. The highest BCUT2D eigenvalue weighted by Gasteiger charge is 2.44. The largest absolute Gasteiger partial charge is 0.481 e. The number of anilines is 1. The Bertz CT molecular complexity index is 513. The maximum atomic E-state index is 11.2. The molecular formula is C14H16N2O2. The fraction of sp³-hybridized carbons (Fsp3) is 0.429. The smallest absolute Gasteiger partial charge is 0.311 e. The van der Waals surface area contributed by atoms with Crippen LogP contribution in [0, 0.1) is 23.7 Å². The van der Waals surface area contributed by atoms with E-state index >= 15 is 0 Å². The SMILES string of the molecule is Cc1cc(NCC2(C(=O)O)CCC2)ccc1C#N. The van der Waals surface area contributed by atoms with Crippen LogP contribution >= 0.6 is 0 Å². The molecule has 4 nitrogen and oxygen atoms in total. The zero-order valence-electron chi connectivity index (χ0n) is 10.4. The lowest BCUT2D eigenvalue weighted by Gasteiger charge is -2.37. The average molecular weight is 244 g/mol. The van der Waals surface area contributed by atoms with Gasteiger partial charge in [-0.25, -0.2) is 0 Å². The Hall–Kier alpha value is -2.02. The summed E-state index contributed by atoms with van der Waals surface area (Å²) >= 11 is 0. The Morgan fingerprint density at radius 2 is 2.28 bits per heavy atom. The van der Waals surface area contributed by atoms with Gasteiger partial charge < -0.3 is 10.4 Å². The molecule has 0 atom stereocenters. The third kappa shape index (κ3) is 2.17. The third-order valence-corrected chi connectivity index (χ3v) is 3.74. The second kappa shape index (κ2) is 4.69. The van der Waals surface area contributed by atoms with E-state index in [0.717, 1.165) is 30.5 Å². The third-order valence-electron chi connectivity index (χ3n) is 3.74. The summed E-state index contributed by atoms with van der Waals surface area (Å²) in [6, 6.07) is 7.57. The molecule has 1 aliphatic rings. The van der Waals surface area contributed by atoms with Crippen LogP contribution in [-0.4, -0.2) is 17.6 Å². The predicted molar refractivity (Wildman–Crippen MR) is 68.3 cm³/mol. The highest BCUT2D eigenvalue weighted by atomic mass is 16.4. The van der Waals surface area contributed by atoms with Crippen LogP contribution in [0.4, 0.5) is 5.69 Å². The highest BCUT2D eigenvalue weighted by molar-refractivity contribution is 5.76. The summed E-state index contributed by atoms with van der Waals surface area (Å²) in [4.78, 5) is 11.2. The minimum Gasteiger partial charge on any atom is -0.481 e. The van der Waals surface area contributed by atoms with Gasteiger partial charge in [-0.05, 0) is 43.5 Å². The minimum absolute atomic E-state index is 0.452. The van der Waals surface area contributed by atoms with Gasteiger partial charge in [0.2, 0.25) is 0 Å². The fourth-order valence-corrected chi connectivity index (χ4v) is 2.24. The van der Waals surface area contributed by atoms with Crippen molar-refractivity contribution in [1.82, 2.24) is 0 Å². The molecule has 1 fully saturated rings. The van der Waals surface area contributed by atoms with Gasteiger partial charge in [-0.3, -0.25) is 4.79 Å². The van der Waals surface area contributed by atoms with Gasteiger partial charge in [0, 0.05) is 12.2 Å². The van der Waals surface area contributed by atoms with E-state index in [4.69, 9.17) is 5.26 Å². The first-order chi connectivity index (χ1) is 8.57. The predicted octanol–water partition coefficient (Wildman–Crippen LogP) is 2.53. The molecule has 1 aliphatic carbocycles. The molecule has 0 aliphatic heterocycles. The van der Waals surface area contributed by atoms with Crippen LogP contribution in [-0.2, 0) is 4.79 Å². The van der Waals surface area contributed by atoms with E-state index in [0.29, 0.717) is 12.1 Å². The lowest BCUT2D eigenvalue weighted by Crippen LogP contribution is -2.43. The highest BCUT2D eigenvalue weighted by Crippen LogP contribution is 2.41. The summed E-state index contributed by atoms with van der Waals surface area (Å²) in [7, 11) is 0. The monoisotopic (exact) mass is 244 g/mol. The number of nitrogens with zero attached hydrogens (tertiary/aromatic N) is 1. The Morgan fingerprint density at radius 3 is 2.72 bits per heavy atom. The van der Waals surface area contributed by atoms with Crippen LogP contribution in [0.1, 0.15) is 30.4 Å². The van der Waals surface area contributed by atoms with Crippen molar-refractivity contribution in [2.75, 3.05) is 11.9 Å². The lowest BCUT2D eigenvalue weighted by atomic mass is 9.69. The Kier molecular flexibility index (Phi) is 3.24. The Labute approximate surface area is 106 Å². The maximum absolute atomic E-state index is 11.2. The number of carboxylic acids is 1. The number of aryl methyl sites for hydroxylation is 1. The van der Waals surface area contributed by atoms with Gasteiger partial charge in [-0.1, -0.05) is 6.42 Å². The van der Waals surface area contributed by atoms with Crippen molar-refractivity contribution in [1.29, 1.82) is 5.26 Å². The van der Waals surface area contributed by atoms with Crippen molar-refractivity contribution in [2.45, 2.75) is 26.2 Å². The second-order valence-electron chi connectivity index (χ2n) is 4.93. The molecule has 0 amide bonds. The van der Waals surface area contributed by atoms with Gasteiger partial charge in [-0.15, -0.1) is 0 Å².